The predicted octanol–water partition coefficient (Wildman–Crippen LogP) is 13.6. The van der Waals surface area contributed by atoms with Gasteiger partial charge in [-0.1, -0.05) is 112 Å². The summed E-state index contributed by atoms with van der Waals surface area (Å²) in [6.45, 7) is 7.34. The van der Waals surface area contributed by atoms with Crippen molar-refractivity contribution >= 4 is 40.1 Å². The second kappa shape index (κ2) is 13.8. The van der Waals surface area contributed by atoms with Gasteiger partial charge in [-0.2, -0.15) is 0 Å². The Balaban J connectivity index is 1.01. The quantitative estimate of drug-likeness (QED) is 0.169. The smallest absolute Gasteiger partial charge is 0.137 e. The lowest BCUT2D eigenvalue weighted by Gasteiger charge is -2.28. The van der Waals surface area contributed by atoms with E-state index in [4.69, 9.17) is 14.7 Å². The molecule has 57 heavy (non-hydrogen) atoms. The largest absolute Gasteiger partial charge is 0.457 e. The van der Waals surface area contributed by atoms with Crippen LogP contribution < -0.4 is 19.4 Å². The maximum Gasteiger partial charge on any atom is 0.137 e. The number of para-hydroxylation sites is 3. The van der Waals surface area contributed by atoms with E-state index >= 15 is 0 Å². The number of nitrogens with zero attached hydrogens (tertiary/aromatic N) is 5. The first-order chi connectivity index (χ1) is 27.9. The second-order valence-corrected chi connectivity index (χ2v) is 15.6. The van der Waals surface area contributed by atoms with Crippen LogP contribution in [0.2, 0.25) is 0 Å². The molecule has 0 amide bonds. The van der Waals surface area contributed by atoms with Gasteiger partial charge in [-0.25, -0.2) is 9.97 Å². The van der Waals surface area contributed by atoms with Crippen molar-refractivity contribution in [1.29, 1.82) is 0 Å². The van der Waals surface area contributed by atoms with E-state index in [-0.39, 0.29) is 5.41 Å². The topological polar surface area (TPSA) is 44.7 Å². The van der Waals surface area contributed by atoms with Crippen LogP contribution >= 0.6 is 0 Å². The van der Waals surface area contributed by atoms with Crippen molar-refractivity contribution in [3.8, 4) is 44.9 Å². The van der Waals surface area contributed by atoms with E-state index in [1.54, 1.807) is 0 Å². The van der Waals surface area contributed by atoms with Gasteiger partial charge in [-0.15, -0.1) is 0 Å². The van der Waals surface area contributed by atoms with E-state index in [0.717, 1.165) is 73.8 Å². The molecule has 8 aromatic rings. The number of ether oxygens (including phenoxy) is 1. The summed E-state index contributed by atoms with van der Waals surface area (Å²) in [7, 11) is 0. The fourth-order valence-corrected chi connectivity index (χ4v) is 8.05. The number of rotatable bonds is 6. The van der Waals surface area contributed by atoms with Crippen molar-refractivity contribution in [2.24, 2.45) is 0 Å². The molecule has 4 heterocycles. The number of hydrogen-bond donors (Lipinski definition) is 0. The summed E-state index contributed by atoms with van der Waals surface area (Å²) in [5.41, 5.74) is 13.4. The molecule has 0 spiro atoms. The summed E-state index contributed by atoms with van der Waals surface area (Å²) >= 11 is 0. The van der Waals surface area contributed by atoms with Gasteiger partial charge in [0.1, 0.15) is 29.8 Å². The summed E-state index contributed by atoms with van der Waals surface area (Å²) < 4.78 is 6.78. The predicted molar refractivity (Wildman–Crippen MR) is 234 cm³/mol. The minimum atomic E-state index is -0.0405. The van der Waals surface area contributed by atoms with Crippen LogP contribution in [0.3, 0.4) is 0 Å². The summed E-state index contributed by atoms with van der Waals surface area (Å²) in [6.07, 6.45) is 3.89. The maximum atomic E-state index is 6.78. The standard InChI is InChI=1S/C51H41N5O/c1-51(2,3)37-28-29-52-50(30-37)56-45-21-10-9-20-43(45)41-18-7-8-19-42(41)44-26-25-40(32-48(44)56)57-39-17-13-16-38(31-39)54-34-55(47-23-12-11-22-46(47)54)49-27-24-36(33-53-49)35-14-5-4-6-15-35/h4-33H,34H2,1-3H3. The highest BCUT2D eigenvalue weighted by Crippen LogP contribution is 2.52. The van der Waals surface area contributed by atoms with Crippen LogP contribution in [0, 0.1) is 0 Å². The van der Waals surface area contributed by atoms with E-state index in [0.29, 0.717) is 6.67 Å². The van der Waals surface area contributed by atoms with Crippen LogP contribution in [-0.4, -0.2) is 16.6 Å². The first-order valence-corrected chi connectivity index (χ1v) is 19.4. The number of hydrogen-bond acceptors (Lipinski definition) is 6. The number of fused-ring (bicyclic) bond motifs is 6. The third kappa shape index (κ3) is 6.25. The molecule has 2 aromatic heterocycles. The molecule has 0 atom stereocenters. The lowest BCUT2D eigenvalue weighted by atomic mass is 9.87. The van der Waals surface area contributed by atoms with Gasteiger partial charge in [0.2, 0.25) is 0 Å². The van der Waals surface area contributed by atoms with Crippen molar-refractivity contribution < 1.29 is 4.74 Å². The first kappa shape index (κ1) is 34.3. The molecule has 6 aromatic carbocycles. The average Bonchev–Trinajstić information content (AvgIpc) is 3.59. The van der Waals surface area contributed by atoms with Crippen molar-refractivity contribution in [3.63, 3.8) is 0 Å². The maximum absolute atomic E-state index is 6.78. The van der Waals surface area contributed by atoms with Crippen LogP contribution in [0.1, 0.15) is 26.3 Å². The molecule has 276 valence electrons. The lowest BCUT2D eigenvalue weighted by molar-refractivity contribution is 0.483. The zero-order valence-corrected chi connectivity index (χ0v) is 32.2. The molecule has 2 aliphatic heterocycles. The van der Waals surface area contributed by atoms with E-state index in [1.807, 2.05) is 24.5 Å². The van der Waals surface area contributed by atoms with Crippen LogP contribution in [0.15, 0.2) is 182 Å². The minimum Gasteiger partial charge on any atom is -0.457 e. The molecule has 0 aliphatic carbocycles. The molecule has 0 saturated heterocycles. The van der Waals surface area contributed by atoms with Crippen LogP contribution in [-0.2, 0) is 5.41 Å². The van der Waals surface area contributed by atoms with Gasteiger partial charge in [0.15, 0.2) is 0 Å². The summed E-state index contributed by atoms with van der Waals surface area (Å²) in [5, 5.41) is 0. The molecule has 6 nitrogen and oxygen atoms in total. The first-order valence-electron chi connectivity index (χ1n) is 19.4. The Morgan fingerprint density at radius 3 is 1.88 bits per heavy atom. The third-order valence-corrected chi connectivity index (χ3v) is 10.9. The van der Waals surface area contributed by atoms with E-state index in [2.05, 4.69) is 193 Å². The van der Waals surface area contributed by atoms with Gasteiger partial charge in [0.25, 0.3) is 0 Å². The van der Waals surface area contributed by atoms with Crippen LogP contribution in [0.4, 0.5) is 40.1 Å². The molecular weight excluding hydrogens is 699 g/mol. The summed E-state index contributed by atoms with van der Waals surface area (Å²) in [4.78, 5) is 16.8. The Kier molecular flexibility index (Phi) is 8.33. The normalized spacial score (nSPS) is 13.0. The Morgan fingerprint density at radius 1 is 0.474 bits per heavy atom. The average molecular weight is 740 g/mol. The Morgan fingerprint density at radius 2 is 1.14 bits per heavy atom. The van der Waals surface area contributed by atoms with E-state index in [1.165, 1.54) is 16.7 Å². The molecule has 0 fully saturated rings. The lowest BCUT2D eigenvalue weighted by Crippen LogP contribution is -2.24. The number of pyridine rings is 2. The highest BCUT2D eigenvalue weighted by atomic mass is 16.5. The summed E-state index contributed by atoms with van der Waals surface area (Å²) in [6, 6.07) is 59.5. The van der Waals surface area contributed by atoms with Crippen LogP contribution in [0.25, 0.3) is 33.4 Å². The SMILES string of the molecule is CC(C)(C)c1ccnc(N2c3ccccc3-c3ccccc3-c3ccc(Oc4cccc(N5CN(c6ccc(-c7ccccc7)cn6)c6ccccc65)c4)cc32)c1. The number of benzene rings is 6. The van der Waals surface area contributed by atoms with Gasteiger partial charge in [-0.3, -0.25) is 4.90 Å². The number of anilines is 7. The highest BCUT2D eigenvalue weighted by molar-refractivity contribution is 6.02. The van der Waals surface area contributed by atoms with Gasteiger partial charge in [0.05, 0.1) is 22.7 Å². The fraction of sp³-hybridized carbons (Fsp3) is 0.0980. The molecule has 10 rings (SSSR count). The Bertz CT molecular complexity index is 2760. The molecule has 0 unspecified atom stereocenters. The van der Waals surface area contributed by atoms with Crippen molar-refractivity contribution in [3.05, 3.63) is 188 Å². The Labute approximate surface area is 333 Å². The summed E-state index contributed by atoms with van der Waals surface area (Å²) in [5.74, 6) is 3.26. The van der Waals surface area contributed by atoms with E-state index < -0.39 is 0 Å². The zero-order chi connectivity index (χ0) is 38.5. The van der Waals surface area contributed by atoms with Crippen molar-refractivity contribution in [1.82, 2.24) is 9.97 Å². The van der Waals surface area contributed by atoms with Crippen molar-refractivity contribution in [2.75, 3.05) is 21.4 Å². The third-order valence-electron chi connectivity index (χ3n) is 10.9. The molecule has 6 heteroatoms. The van der Waals surface area contributed by atoms with Gasteiger partial charge in [0, 0.05) is 46.9 Å². The molecule has 0 bridgehead atoms. The zero-order valence-electron chi connectivity index (χ0n) is 32.2. The second-order valence-electron chi connectivity index (χ2n) is 15.6. The molecular formula is C51H41N5O. The minimum absolute atomic E-state index is 0.0405. The highest BCUT2D eigenvalue weighted by Gasteiger charge is 2.30. The van der Waals surface area contributed by atoms with Gasteiger partial charge < -0.3 is 14.5 Å². The molecule has 0 radical (unpaired) electrons. The molecule has 0 N–H and O–H groups in total. The Hall–Kier alpha value is -7.18. The monoisotopic (exact) mass is 739 g/mol. The molecule has 0 saturated carbocycles. The number of aromatic nitrogens is 2. The van der Waals surface area contributed by atoms with E-state index in [9.17, 15) is 0 Å². The van der Waals surface area contributed by atoms with Crippen LogP contribution in [0.5, 0.6) is 11.5 Å². The van der Waals surface area contributed by atoms with Gasteiger partial charge in [-0.05, 0) is 94.4 Å². The van der Waals surface area contributed by atoms with Gasteiger partial charge >= 0.3 is 0 Å². The fourth-order valence-electron chi connectivity index (χ4n) is 8.05. The van der Waals surface area contributed by atoms with Crippen molar-refractivity contribution in [2.45, 2.75) is 26.2 Å². The molecule has 2 aliphatic rings.